The third-order valence-corrected chi connectivity index (χ3v) is 7.51. The van der Waals surface area contributed by atoms with Crippen LogP contribution >= 0.6 is 11.8 Å². The average molecular weight is 447 g/mol. The molecular weight excluding hydrogens is 424 g/mol. The lowest BCUT2D eigenvalue weighted by atomic mass is 10.2. The van der Waals surface area contributed by atoms with E-state index >= 15 is 0 Å². The second-order valence-corrected chi connectivity index (χ2v) is 9.73. The van der Waals surface area contributed by atoms with E-state index in [1.807, 2.05) is 30.3 Å². The number of sulfonamides is 1. The number of nitrogens with zero attached hydrogens (tertiary/aromatic N) is 4. The van der Waals surface area contributed by atoms with E-state index in [0.29, 0.717) is 44.4 Å². The van der Waals surface area contributed by atoms with E-state index in [-0.39, 0.29) is 4.90 Å². The van der Waals surface area contributed by atoms with Gasteiger partial charge in [-0.05, 0) is 24.3 Å². The highest BCUT2D eigenvalue weighted by Gasteiger charge is 2.26. The molecule has 0 amide bonds. The molecule has 0 bridgehead atoms. The molecule has 4 rings (SSSR count). The minimum absolute atomic E-state index is 0.216. The molecule has 0 aliphatic carbocycles. The van der Waals surface area contributed by atoms with E-state index < -0.39 is 10.0 Å². The molecule has 3 heterocycles. The van der Waals surface area contributed by atoms with Crippen LogP contribution in [0.4, 0.5) is 0 Å². The maximum Gasteiger partial charge on any atom is 0.244 e. The molecule has 1 saturated heterocycles. The summed E-state index contributed by atoms with van der Waals surface area (Å²) in [6, 6.07) is 13.1. The van der Waals surface area contributed by atoms with Crippen LogP contribution in [0.2, 0.25) is 0 Å². The van der Waals surface area contributed by atoms with Gasteiger partial charge < -0.3 is 9.26 Å². The van der Waals surface area contributed by atoms with Crippen molar-refractivity contribution in [2.24, 2.45) is 0 Å². The summed E-state index contributed by atoms with van der Waals surface area (Å²) in [5.41, 5.74) is 0.929. The lowest BCUT2D eigenvalue weighted by molar-refractivity contribution is 0.0730. The summed E-state index contributed by atoms with van der Waals surface area (Å²) in [5.74, 6) is 2.01. The van der Waals surface area contributed by atoms with Crippen LogP contribution in [-0.2, 0) is 21.2 Å². The number of morpholine rings is 1. The predicted molar refractivity (Wildman–Crippen MR) is 113 cm³/mol. The van der Waals surface area contributed by atoms with Gasteiger partial charge in [-0.2, -0.15) is 9.29 Å². The topological polar surface area (TPSA) is 98.4 Å². The molecule has 10 heteroatoms. The van der Waals surface area contributed by atoms with Gasteiger partial charge in [0.15, 0.2) is 0 Å². The van der Waals surface area contributed by atoms with Crippen molar-refractivity contribution >= 4 is 21.8 Å². The summed E-state index contributed by atoms with van der Waals surface area (Å²) in [7, 11) is -3.51. The highest BCUT2D eigenvalue weighted by atomic mass is 32.2. The molecule has 0 atom stereocenters. The van der Waals surface area contributed by atoms with Gasteiger partial charge >= 0.3 is 0 Å². The van der Waals surface area contributed by atoms with Crippen molar-refractivity contribution in [1.82, 2.24) is 19.4 Å². The van der Waals surface area contributed by atoms with Crippen molar-refractivity contribution in [1.29, 1.82) is 0 Å². The number of aryl methyl sites for hydroxylation is 1. The summed E-state index contributed by atoms with van der Waals surface area (Å²) in [5, 5.41) is 4.80. The second-order valence-electron chi connectivity index (χ2n) is 6.68. The Balaban J connectivity index is 1.26. The summed E-state index contributed by atoms with van der Waals surface area (Å²) >= 11 is 1.57. The van der Waals surface area contributed by atoms with Gasteiger partial charge in [-0.3, -0.25) is 0 Å². The van der Waals surface area contributed by atoms with E-state index in [1.165, 1.54) is 10.5 Å². The van der Waals surface area contributed by atoms with Crippen LogP contribution in [0.1, 0.15) is 12.3 Å². The van der Waals surface area contributed by atoms with Gasteiger partial charge in [-0.1, -0.05) is 35.5 Å². The molecule has 3 aromatic rings. The van der Waals surface area contributed by atoms with E-state index in [0.717, 1.165) is 22.8 Å². The highest BCUT2D eigenvalue weighted by Crippen LogP contribution is 2.22. The Bertz CT molecular complexity index is 1050. The van der Waals surface area contributed by atoms with E-state index in [9.17, 15) is 8.42 Å². The molecule has 30 heavy (non-hydrogen) atoms. The minimum Gasteiger partial charge on any atom is -0.379 e. The third kappa shape index (κ3) is 5.07. The number of pyridine rings is 1. The number of thioether (sulfide) groups is 1. The van der Waals surface area contributed by atoms with Crippen molar-refractivity contribution in [2.45, 2.75) is 22.8 Å². The first-order chi connectivity index (χ1) is 14.6. The van der Waals surface area contributed by atoms with Crippen LogP contribution in [0.5, 0.6) is 0 Å². The Morgan fingerprint density at radius 1 is 1.07 bits per heavy atom. The van der Waals surface area contributed by atoms with Gasteiger partial charge in [0.2, 0.25) is 21.7 Å². The Kier molecular flexibility index (Phi) is 6.78. The van der Waals surface area contributed by atoms with E-state index in [2.05, 4.69) is 15.1 Å². The molecule has 0 unspecified atom stereocenters. The molecule has 8 nitrogen and oxygen atoms in total. The first kappa shape index (κ1) is 21.0. The zero-order valence-electron chi connectivity index (χ0n) is 16.3. The zero-order valence-corrected chi connectivity index (χ0v) is 17.9. The SMILES string of the molecule is O=S(=O)(c1ccc(SCCCc2nc(-c3ccccc3)no2)nc1)N1CCOCC1. The van der Waals surface area contributed by atoms with Crippen molar-refractivity contribution in [3.05, 3.63) is 54.6 Å². The fourth-order valence-electron chi connectivity index (χ4n) is 3.00. The lowest BCUT2D eigenvalue weighted by Crippen LogP contribution is -2.40. The number of ether oxygens (including phenoxy) is 1. The van der Waals surface area contributed by atoms with Crippen LogP contribution < -0.4 is 0 Å². The van der Waals surface area contributed by atoms with Gasteiger partial charge in [0.25, 0.3) is 0 Å². The van der Waals surface area contributed by atoms with Crippen molar-refractivity contribution < 1.29 is 17.7 Å². The second kappa shape index (κ2) is 9.69. The van der Waals surface area contributed by atoms with Crippen LogP contribution in [-0.4, -0.2) is 59.9 Å². The Morgan fingerprint density at radius 2 is 1.87 bits per heavy atom. The monoisotopic (exact) mass is 446 g/mol. The fourth-order valence-corrected chi connectivity index (χ4v) is 5.14. The average Bonchev–Trinajstić information content (AvgIpc) is 3.27. The molecule has 0 N–H and O–H groups in total. The number of aromatic nitrogens is 3. The molecule has 0 spiro atoms. The molecular formula is C20H22N4O4S2. The number of hydrogen-bond acceptors (Lipinski definition) is 8. The normalized spacial score (nSPS) is 15.3. The summed E-state index contributed by atoms with van der Waals surface area (Å²) in [4.78, 5) is 8.94. The predicted octanol–water partition coefficient (Wildman–Crippen LogP) is 2.88. The summed E-state index contributed by atoms with van der Waals surface area (Å²) < 4.78 is 37.2. The van der Waals surface area contributed by atoms with Crippen LogP contribution in [0.15, 0.2) is 63.1 Å². The summed E-state index contributed by atoms with van der Waals surface area (Å²) in [6.07, 6.45) is 2.95. The molecule has 1 aromatic carbocycles. The Labute approximate surface area is 179 Å². The Morgan fingerprint density at radius 3 is 2.60 bits per heavy atom. The van der Waals surface area contributed by atoms with Gasteiger partial charge in [-0.25, -0.2) is 13.4 Å². The van der Waals surface area contributed by atoms with Crippen molar-refractivity contribution in [3.8, 4) is 11.4 Å². The van der Waals surface area contributed by atoms with E-state index in [1.54, 1.807) is 23.9 Å². The highest BCUT2D eigenvalue weighted by molar-refractivity contribution is 7.99. The van der Waals surface area contributed by atoms with Crippen LogP contribution in [0, 0.1) is 0 Å². The third-order valence-electron chi connectivity index (χ3n) is 4.60. The number of hydrogen-bond donors (Lipinski definition) is 0. The molecule has 0 saturated carbocycles. The maximum absolute atomic E-state index is 12.6. The lowest BCUT2D eigenvalue weighted by Gasteiger charge is -2.25. The fraction of sp³-hybridized carbons (Fsp3) is 0.350. The van der Waals surface area contributed by atoms with Gasteiger partial charge in [-0.15, -0.1) is 11.8 Å². The molecule has 1 aliphatic heterocycles. The number of benzene rings is 1. The van der Waals surface area contributed by atoms with Gasteiger partial charge in [0, 0.05) is 31.3 Å². The molecule has 1 aliphatic rings. The standard InChI is InChI=1S/C20H22N4O4S2/c25-30(26,24-10-12-27-13-11-24)17-8-9-19(21-15-17)29-14-4-7-18-22-20(23-28-18)16-5-2-1-3-6-16/h1-3,5-6,8-9,15H,4,7,10-14H2. The zero-order chi connectivity index (χ0) is 20.8. The van der Waals surface area contributed by atoms with Crippen molar-refractivity contribution in [2.75, 3.05) is 32.1 Å². The summed E-state index contributed by atoms with van der Waals surface area (Å²) in [6.45, 7) is 1.60. The maximum atomic E-state index is 12.6. The molecule has 2 aromatic heterocycles. The van der Waals surface area contributed by atoms with Gasteiger partial charge in [0.1, 0.15) is 4.90 Å². The van der Waals surface area contributed by atoms with Gasteiger partial charge in [0.05, 0.1) is 18.2 Å². The first-order valence-electron chi connectivity index (χ1n) is 9.68. The molecule has 0 radical (unpaired) electrons. The quantitative estimate of drug-likeness (QED) is 0.385. The number of rotatable bonds is 8. The minimum atomic E-state index is -3.51. The molecule has 1 fully saturated rings. The largest absolute Gasteiger partial charge is 0.379 e. The van der Waals surface area contributed by atoms with E-state index in [4.69, 9.17) is 9.26 Å². The smallest absolute Gasteiger partial charge is 0.244 e. The van der Waals surface area contributed by atoms with Crippen LogP contribution in [0.25, 0.3) is 11.4 Å². The molecule has 158 valence electrons. The Hall–Kier alpha value is -2.27. The van der Waals surface area contributed by atoms with Crippen molar-refractivity contribution in [3.63, 3.8) is 0 Å². The van der Waals surface area contributed by atoms with Crippen LogP contribution in [0.3, 0.4) is 0 Å². The first-order valence-corrected chi connectivity index (χ1v) is 12.1.